The molecule has 114 valence electrons. The van der Waals surface area contributed by atoms with Gasteiger partial charge >= 0.3 is 0 Å². The van der Waals surface area contributed by atoms with E-state index < -0.39 is 10.0 Å². The summed E-state index contributed by atoms with van der Waals surface area (Å²) in [7, 11) is -2.00. The lowest BCUT2D eigenvalue weighted by Crippen LogP contribution is -2.34. The molecule has 0 bridgehead atoms. The quantitative estimate of drug-likeness (QED) is 0.827. The van der Waals surface area contributed by atoms with Crippen LogP contribution < -0.4 is 10.0 Å². The Balaban J connectivity index is 2.82. The maximum Gasteiger partial charge on any atom is 0.256 e. The third-order valence-corrected chi connectivity index (χ3v) is 4.13. The lowest BCUT2D eigenvalue weighted by Gasteiger charge is -2.16. The van der Waals surface area contributed by atoms with Gasteiger partial charge in [0.25, 0.3) is 5.91 Å². The topological polar surface area (TPSA) is 101 Å². The van der Waals surface area contributed by atoms with Gasteiger partial charge in [0.2, 0.25) is 10.0 Å². The Morgan fingerprint density at radius 3 is 2.45 bits per heavy atom. The number of amides is 1. The molecule has 0 aliphatic rings. The number of hydrogen-bond donors (Lipinski definition) is 2. The zero-order valence-corrected chi connectivity index (χ0v) is 13.2. The van der Waals surface area contributed by atoms with E-state index in [1.165, 1.54) is 7.05 Å². The van der Waals surface area contributed by atoms with Crippen molar-refractivity contribution in [1.82, 2.24) is 15.2 Å². The van der Waals surface area contributed by atoms with Gasteiger partial charge in [0.15, 0.2) is 0 Å². The van der Waals surface area contributed by atoms with E-state index in [1.807, 2.05) is 20.8 Å². The number of nitrogens with zero attached hydrogens (tertiary/aromatic N) is 1. The minimum atomic E-state index is -3.34. The lowest BCUT2D eigenvalue weighted by molar-refractivity contribution is 0.0952. The Labute approximate surface area is 119 Å². The van der Waals surface area contributed by atoms with Gasteiger partial charge in [-0.2, -0.15) is 0 Å². The largest absolute Gasteiger partial charge is 0.361 e. The molecular formula is C12H21N3O4S. The molecule has 0 aliphatic carbocycles. The number of aryl methyl sites for hydroxylation is 1. The third kappa shape index (κ3) is 4.04. The molecule has 1 aromatic heterocycles. The van der Waals surface area contributed by atoms with Crippen molar-refractivity contribution in [2.75, 3.05) is 19.3 Å². The second kappa shape index (κ2) is 5.92. The maximum absolute atomic E-state index is 12.1. The van der Waals surface area contributed by atoms with Gasteiger partial charge in [-0.1, -0.05) is 25.9 Å². The van der Waals surface area contributed by atoms with Gasteiger partial charge in [0.05, 0.1) is 5.75 Å². The highest BCUT2D eigenvalue weighted by Gasteiger charge is 2.28. The van der Waals surface area contributed by atoms with Gasteiger partial charge in [0.1, 0.15) is 17.0 Å². The molecule has 0 atom stereocenters. The highest BCUT2D eigenvalue weighted by atomic mass is 32.2. The van der Waals surface area contributed by atoms with Crippen LogP contribution in [0.3, 0.4) is 0 Å². The van der Waals surface area contributed by atoms with Crippen LogP contribution in [0.2, 0.25) is 0 Å². The molecule has 0 aliphatic heterocycles. The predicted molar refractivity (Wildman–Crippen MR) is 75.1 cm³/mol. The molecule has 1 aromatic rings. The van der Waals surface area contributed by atoms with Crippen LogP contribution in [0.5, 0.6) is 0 Å². The van der Waals surface area contributed by atoms with Crippen molar-refractivity contribution < 1.29 is 17.7 Å². The fourth-order valence-corrected chi connectivity index (χ4v) is 2.22. The smallest absolute Gasteiger partial charge is 0.256 e. The summed E-state index contributed by atoms with van der Waals surface area (Å²) in [4.78, 5) is 12.1. The number of rotatable bonds is 5. The van der Waals surface area contributed by atoms with Crippen LogP contribution in [0.4, 0.5) is 0 Å². The molecule has 1 heterocycles. The molecule has 1 amide bonds. The average molecular weight is 303 g/mol. The molecule has 0 aromatic carbocycles. The Kier molecular flexibility index (Phi) is 4.93. The molecular weight excluding hydrogens is 282 g/mol. The molecule has 0 unspecified atom stereocenters. The summed E-state index contributed by atoms with van der Waals surface area (Å²) in [5.74, 6) is -0.131. The molecule has 0 radical (unpaired) electrons. The van der Waals surface area contributed by atoms with Crippen LogP contribution in [0.25, 0.3) is 0 Å². The molecule has 0 saturated heterocycles. The SMILES string of the molecule is CNS(=O)(=O)CCNC(=O)c1c(C(C)(C)C)noc1C. The molecule has 20 heavy (non-hydrogen) atoms. The first-order valence-corrected chi connectivity index (χ1v) is 7.90. The van der Waals surface area contributed by atoms with E-state index in [-0.39, 0.29) is 23.6 Å². The van der Waals surface area contributed by atoms with Gasteiger partial charge in [-0.3, -0.25) is 4.79 Å². The first kappa shape index (κ1) is 16.6. The van der Waals surface area contributed by atoms with Crippen molar-refractivity contribution in [2.45, 2.75) is 33.1 Å². The van der Waals surface area contributed by atoms with E-state index in [9.17, 15) is 13.2 Å². The van der Waals surface area contributed by atoms with Gasteiger partial charge in [-0.05, 0) is 14.0 Å². The standard InChI is InChI=1S/C12H21N3O4S/c1-8-9(10(15-19-8)12(2,3)4)11(16)14-6-7-20(17,18)13-5/h13H,6-7H2,1-5H3,(H,14,16). The van der Waals surface area contributed by atoms with Crippen molar-refractivity contribution in [2.24, 2.45) is 0 Å². The fourth-order valence-electron chi connectivity index (χ4n) is 1.64. The van der Waals surface area contributed by atoms with Crippen molar-refractivity contribution in [3.8, 4) is 0 Å². The van der Waals surface area contributed by atoms with E-state index in [2.05, 4.69) is 15.2 Å². The predicted octanol–water partition coefficient (Wildman–Crippen LogP) is 0.560. The molecule has 8 heteroatoms. The third-order valence-electron chi connectivity index (χ3n) is 2.77. The Morgan fingerprint density at radius 2 is 1.95 bits per heavy atom. The molecule has 0 fully saturated rings. The van der Waals surface area contributed by atoms with E-state index in [4.69, 9.17) is 4.52 Å². The minimum Gasteiger partial charge on any atom is -0.361 e. The van der Waals surface area contributed by atoms with Gasteiger partial charge in [-0.25, -0.2) is 13.1 Å². The second-order valence-corrected chi connectivity index (χ2v) is 7.54. The summed E-state index contributed by atoms with van der Waals surface area (Å²) in [6.45, 7) is 7.45. The summed E-state index contributed by atoms with van der Waals surface area (Å²) in [5.41, 5.74) is 0.602. The van der Waals surface area contributed by atoms with E-state index >= 15 is 0 Å². The number of aromatic nitrogens is 1. The number of hydrogen-bond acceptors (Lipinski definition) is 5. The first-order valence-electron chi connectivity index (χ1n) is 6.24. The Hall–Kier alpha value is -1.41. The summed E-state index contributed by atoms with van der Waals surface area (Å²) in [5, 5.41) is 6.49. The summed E-state index contributed by atoms with van der Waals surface area (Å²) in [6, 6.07) is 0. The number of sulfonamides is 1. The Bertz CT molecular complexity index is 584. The zero-order valence-electron chi connectivity index (χ0n) is 12.4. The lowest BCUT2D eigenvalue weighted by atomic mass is 9.88. The maximum atomic E-state index is 12.1. The molecule has 0 spiro atoms. The zero-order chi connectivity index (χ0) is 15.6. The van der Waals surface area contributed by atoms with Crippen molar-refractivity contribution >= 4 is 15.9 Å². The molecule has 0 saturated carbocycles. The number of carbonyl (C=O) groups is 1. The van der Waals surface area contributed by atoms with Crippen molar-refractivity contribution in [3.05, 3.63) is 17.0 Å². The monoisotopic (exact) mass is 303 g/mol. The van der Waals surface area contributed by atoms with Gasteiger partial charge < -0.3 is 9.84 Å². The van der Waals surface area contributed by atoms with Crippen LogP contribution in [0.15, 0.2) is 4.52 Å². The van der Waals surface area contributed by atoms with E-state index in [0.29, 0.717) is 17.0 Å². The highest BCUT2D eigenvalue weighted by molar-refractivity contribution is 7.89. The van der Waals surface area contributed by atoms with Crippen LogP contribution in [0, 0.1) is 6.92 Å². The fraction of sp³-hybridized carbons (Fsp3) is 0.667. The molecule has 1 rings (SSSR count). The number of nitrogens with one attached hydrogen (secondary N) is 2. The van der Waals surface area contributed by atoms with Crippen LogP contribution in [0.1, 0.15) is 42.6 Å². The minimum absolute atomic E-state index is 0.0240. The first-order chi connectivity index (χ1) is 9.08. The summed E-state index contributed by atoms with van der Waals surface area (Å²) < 4.78 is 29.8. The number of carbonyl (C=O) groups excluding carboxylic acids is 1. The summed E-state index contributed by atoms with van der Waals surface area (Å²) in [6.07, 6.45) is 0. The van der Waals surface area contributed by atoms with Crippen LogP contribution >= 0.6 is 0 Å². The average Bonchev–Trinajstić information content (AvgIpc) is 2.70. The second-order valence-electron chi connectivity index (χ2n) is 5.49. The molecule has 7 nitrogen and oxygen atoms in total. The van der Waals surface area contributed by atoms with Gasteiger partial charge in [-0.15, -0.1) is 0 Å². The normalized spacial score (nSPS) is 12.4. The van der Waals surface area contributed by atoms with Crippen LogP contribution in [-0.2, 0) is 15.4 Å². The molecule has 2 N–H and O–H groups in total. The van der Waals surface area contributed by atoms with Gasteiger partial charge in [0, 0.05) is 12.0 Å². The van der Waals surface area contributed by atoms with Crippen LogP contribution in [-0.4, -0.2) is 38.8 Å². The van der Waals surface area contributed by atoms with E-state index in [1.54, 1.807) is 6.92 Å². The van der Waals surface area contributed by atoms with Crippen molar-refractivity contribution in [1.29, 1.82) is 0 Å². The summed E-state index contributed by atoms with van der Waals surface area (Å²) >= 11 is 0. The van der Waals surface area contributed by atoms with Crippen molar-refractivity contribution in [3.63, 3.8) is 0 Å². The Morgan fingerprint density at radius 1 is 1.35 bits per heavy atom. The highest BCUT2D eigenvalue weighted by Crippen LogP contribution is 2.26. The van der Waals surface area contributed by atoms with E-state index in [0.717, 1.165) is 0 Å².